The van der Waals surface area contributed by atoms with Crippen LogP contribution in [0.3, 0.4) is 0 Å². The van der Waals surface area contributed by atoms with Crippen LogP contribution in [0.4, 0.5) is 0 Å². The lowest BCUT2D eigenvalue weighted by atomic mass is 10.2. The molecule has 0 aliphatic carbocycles. The van der Waals surface area contributed by atoms with Crippen LogP contribution in [0, 0.1) is 0 Å². The maximum atomic E-state index is 11.5. The number of nitrogens with one attached hydrogen (secondary N) is 1. The average Bonchev–Trinajstić information content (AvgIpc) is 2.27. The minimum Gasteiger partial charge on any atom is -0.395 e. The number of benzene rings is 1. The molecule has 0 bridgehead atoms. The third-order valence-electron chi connectivity index (χ3n) is 1.88. The Bertz CT molecular complexity index is 440. The summed E-state index contributed by atoms with van der Waals surface area (Å²) in [5.41, 5.74) is 0.810. The van der Waals surface area contributed by atoms with Gasteiger partial charge in [-0.15, -0.1) is 0 Å². The van der Waals surface area contributed by atoms with E-state index in [1.807, 2.05) is 30.3 Å². The van der Waals surface area contributed by atoms with Crippen molar-refractivity contribution in [2.45, 2.75) is 13.0 Å². The van der Waals surface area contributed by atoms with Crippen LogP contribution >= 0.6 is 0 Å². The molecule has 88 valence electrons. The van der Waals surface area contributed by atoms with Gasteiger partial charge in [0.2, 0.25) is 10.0 Å². The van der Waals surface area contributed by atoms with E-state index in [0.29, 0.717) is 0 Å². The monoisotopic (exact) mass is 241 g/mol. The quantitative estimate of drug-likeness (QED) is 0.807. The molecule has 0 fully saturated rings. The zero-order valence-corrected chi connectivity index (χ0v) is 9.81. The van der Waals surface area contributed by atoms with Crippen molar-refractivity contribution < 1.29 is 13.5 Å². The highest BCUT2D eigenvalue weighted by atomic mass is 32.2. The summed E-state index contributed by atoms with van der Waals surface area (Å²) in [5, 5.41) is 9.82. The molecule has 0 radical (unpaired) electrons. The lowest BCUT2D eigenvalue weighted by Gasteiger charge is -2.07. The predicted octanol–water partition coefficient (Wildman–Crippen LogP) is 0.958. The van der Waals surface area contributed by atoms with E-state index in [1.54, 1.807) is 6.92 Å². The number of hydrogen-bond acceptors (Lipinski definition) is 3. The van der Waals surface area contributed by atoms with Gasteiger partial charge in [-0.1, -0.05) is 30.3 Å². The number of hydrogen-bond donors (Lipinski definition) is 2. The van der Waals surface area contributed by atoms with Gasteiger partial charge in [0.05, 0.1) is 6.61 Å². The summed E-state index contributed by atoms with van der Waals surface area (Å²) < 4.78 is 25.2. The van der Waals surface area contributed by atoms with Gasteiger partial charge in [0.25, 0.3) is 0 Å². The molecule has 0 saturated carbocycles. The fourth-order valence-corrected chi connectivity index (χ4v) is 2.14. The molecular formula is C11H15NO3S. The van der Waals surface area contributed by atoms with Crippen molar-refractivity contribution in [1.82, 2.24) is 4.72 Å². The third kappa shape index (κ3) is 4.57. The Morgan fingerprint density at radius 1 is 1.38 bits per heavy atom. The molecule has 1 aromatic carbocycles. The van der Waals surface area contributed by atoms with E-state index < -0.39 is 16.1 Å². The lowest BCUT2D eigenvalue weighted by molar-refractivity contribution is 0.265. The van der Waals surface area contributed by atoms with Crippen LogP contribution in [0.25, 0.3) is 6.08 Å². The summed E-state index contributed by atoms with van der Waals surface area (Å²) in [7, 11) is -3.48. The molecule has 1 aromatic rings. The Kier molecular flexibility index (Phi) is 4.67. The molecule has 0 aliphatic rings. The van der Waals surface area contributed by atoms with Crippen molar-refractivity contribution in [2.75, 3.05) is 6.61 Å². The summed E-state index contributed by atoms with van der Waals surface area (Å²) in [6, 6.07) is 8.65. The molecule has 1 atom stereocenters. The molecule has 2 N–H and O–H groups in total. The van der Waals surface area contributed by atoms with Crippen molar-refractivity contribution >= 4 is 16.1 Å². The molecule has 0 spiro atoms. The first-order valence-corrected chi connectivity index (χ1v) is 6.44. The zero-order chi connectivity index (χ0) is 12.0. The summed E-state index contributed by atoms with van der Waals surface area (Å²) >= 11 is 0. The van der Waals surface area contributed by atoms with Crippen LogP contribution in [0.15, 0.2) is 35.7 Å². The van der Waals surface area contributed by atoms with Gasteiger partial charge < -0.3 is 5.11 Å². The van der Waals surface area contributed by atoms with Crippen molar-refractivity contribution in [3.63, 3.8) is 0 Å². The zero-order valence-electron chi connectivity index (χ0n) is 9.00. The SMILES string of the molecule is C[C@@H](CO)NS(=O)(=O)/C=C\c1ccccc1. The Morgan fingerprint density at radius 3 is 2.56 bits per heavy atom. The smallest absolute Gasteiger partial charge is 0.234 e. The molecule has 16 heavy (non-hydrogen) atoms. The first-order chi connectivity index (χ1) is 7.53. The van der Waals surface area contributed by atoms with E-state index >= 15 is 0 Å². The van der Waals surface area contributed by atoms with Crippen LogP contribution in [-0.4, -0.2) is 26.2 Å². The van der Waals surface area contributed by atoms with E-state index in [0.717, 1.165) is 11.0 Å². The maximum absolute atomic E-state index is 11.5. The van der Waals surface area contributed by atoms with Gasteiger partial charge in [0, 0.05) is 11.4 Å². The number of sulfonamides is 1. The van der Waals surface area contributed by atoms with Crippen LogP contribution in [-0.2, 0) is 10.0 Å². The molecule has 0 amide bonds. The van der Waals surface area contributed by atoms with E-state index in [2.05, 4.69) is 4.72 Å². The summed E-state index contributed by atoms with van der Waals surface area (Å²) in [4.78, 5) is 0. The van der Waals surface area contributed by atoms with Crippen LogP contribution < -0.4 is 4.72 Å². The van der Waals surface area contributed by atoms with Gasteiger partial charge in [0.1, 0.15) is 0 Å². The summed E-state index contributed by atoms with van der Waals surface area (Å²) in [5.74, 6) is 0. The Hall–Kier alpha value is -1.17. The van der Waals surface area contributed by atoms with Crippen molar-refractivity contribution in [1.29, 1.82) is 0 Å². The fourth-order valence-electron chi connectivity index (χ4n) is 1.09. The number of aliphatic hydroxyl groups excluding tert-OH is 1. The van der Waals surface area contributed by atoms with Gasteiger partial charge in [-0.25, -0.2) is 13.1 Å². The van der Waals surface area contributed by atoms with Crippen LogP contribution in [0.5, 0.6) is 0 Å². The second-order valence-corrected chi connectivity index (χ2v) is 5.06. The molecule has 0 unspecified atom stereocenters. The average molecular weight is 241 g/mol. The first-order valence-electron chi connectivity index (χ1n) is 4.90. The molecule has 4 nitrogen and oxygen atoms in total. The highest BCUT2D eigenvalue weighted by molar-refractivity contribution is 7.92. The van der Waals surface area contributed by atoms with Crippen molar-refractivity contribution in [3.8, 4) is 0 Å². The first kappa shape index (κ1) is 12.9. The normalized spacial score (nSPS) is 14.1. The van der Waals surface area contributed by atoms with Gasteiger partial charge >= 0.3 is 0 Å². The van der Waals surface area contributed by atoms with Gasteiger partial charge in [-0.05, 0) is 18.6 Å². The molecule has 1 rings (SSSR count). The highest BCUT2D eigenvalue weighted by Crippen LogP contribution is 2.02. The molecule has 0 saturated heterocycles. The minimum atomic E-state index is -3.48. The standard InChI is InChI=1S/C11H15NO3S/c1-10(9-13)12-16(14,15)8-7-11-5-3-2-4-6-11/h2-8,10,12-13H,9H2,1H3/b8-7-/t10-/m0/s1. The van der Waals surface area contributed by atoms with Crippen molar-refractivity contribution in [3.05, 3.63) is 41.3 Å². The summed E-state index contributed by atoms with van der Waals surface area (Å²) in [6.07, 6.45) is 1.51. The van der Waals surface area contributed by atoms with E-state index in [4.69, 9.17) is 5.11 Å². The van der Waals surface area contributed by atoms with E-state index in [-0.39, 0.29) is 6.61 Å². The molecule has 0 heterocycles. The van der Waals surface area contributed by atoms with Crippen molar-refractivity contribution in [2.24, 2.45) is 0 Å². The molecule has 5 heteroatoms. The topological polar surface area (TPSA) is 66.4 Å². The lowest BCUT2D eigenvalue weighted by Crippen LogP contribution is -2.33. The number of rotatable bonds is 5. The van der Waals surface area contributed by atoms with E-state index in [9.17, 15) is 8.42 Å². The largest absolute Gasteiger partial charge is 0.395 e. The van der Waals surface area contributed by atoms with Gasteiger partial charge in [0.15, 0.2) is 0 Å². The third-order valence-corrected chi connectivity index (χ3v) is 3.10. The predicted molar refractivity (Wildman–Crippen MR) is 64.1 cm³/mol. The Morgan fingerprint density at radius 2 is 2.00 bits per heavy atom. The van der Waals surface area contributed by atoms with Crippen LogP contribution in [0.1, 0.15) is 12.5 Å². The fraction of sp³-hybridized carbons (Fsp3) is 0.273. The Labute approximate surface area is 95.7 Å². The van der Waals surface area contributed by atoms with E-state index in [1.165, 1.54) is 6.08 Å². The molecule has 0 aromatic heterocycles. The second kappa shape index (κ2) is 5.79. The minimum absolute atomic E-state index is 0.224. The number of aliphatic hydroxyl groups is 1. The van der Waals surface area contributed by atoms with Gasteiger partial charge in [-0.2, -0.15) is 0 Å². The molecule has 0 aliphatic heterocycles. The van der Waals surface area contributed by atoms with Gasteiger partial charge in [-0.3, -0.25) is 0 Å². The Balaban J connectivity index is 2.70. The summed E-state index contributed by atoms with van der Waals surface area (Å²) in [6.45, 7) is 1.37. The molecular weight excluding hydrogens is 226 g/mol. The maximum Gasteiger partial charge on any atom is 0.234 e. The highest BCUT2D eigenvalue weighted by Gasteiger charge is 2.09. The second-order valence-electron chi connectivity index (χ2n) is 3.46. The van der Waals surface area contributed by atoms with Crippen LogP contribution in [0.2, 0.25) is 0 Å².